The van der Waals surface area contributed by atoms with E-state index in [0.717, 1.165) is 5.69 Å². The predicted octanol–water partition coefficient (Wildman–Crippen LogP) is 3.92. The van der Waals surface area contributed by atoms with Gasteiger partial charge in [-0.1, -0.05) is 39.7 Å². The van der Waals surface area contributed by atoms with Crippen LogP contribution < -0.4 is 5.32 Å². The highest BCUT2D eigenvalue weighted by atomic mass is 79.9. The molecule has 0 fully saturated rings. The zero-order valence-electron chi connectivity index (χ0n) is 13.1. The number of carbonyl (C=O) groups is 2. The highest BCUT2D eigenvalue weighted by Crippen LogP contribution is 2.23. The van der Waals surface area contributed by atoms with Crippen LogP contribution in [0.3, 0.4) is 0 Å². The number of fused-ring (bicyclic) bond motifs is 1. The molecule has 0 saturated carbocycles. The van der Waals surface area contributed by atoms with E-state index in [9.17, 15) is 9.59 Å². The zero-order valence-corrected chi connectivity index (χ0v) is 15.5. The molecule has 2 aromatic heterocycles. The number of rotatable bonds is 4. The number of carbonyl (C=O) groups excluding carboxylic acids is 2. The van der Waals surface area contributed by atoms with E-state index in [-0.39, 0.29) is 11.6 Å². The number of ether oxygens (including phenoxy) is 1. The van der Waals surface area contributed by atoms with Crippen molar-refractivity contribution in [2.45, 2.75) is 5.33 Å². The number of hydrogen-bond donors (Lipinski definition) is 1. The third kappa shape index (κ3) is 3.38. The van der Waals surface area contributed by atoms with E-state index in [1.165, 1.54) is 7.11 Å². The Hall–Kier alpha value is -2.38. The minimum atomic E-state index is -0.566. The minimum absolute atomic E-state index is 0.134. The molecule has 0 spiro atoms. The third-order valence-electron chi connectivity index (χ3n) is 3.60. The second kappa shape index (κ2) is 7.25. The van der Waals surface area contributed by atoms with Gasteiger partial charge in [-0.15, -0.1) is 0 Å². The maximum Gasteiger partial charge on any atom is 0.356 e. The SMILES string of the molecule is COC(=O)c1cc(CBr)n2ccc(C(=O)Nc3ccccc3Cl)c2n1. The normalized spacial score (nSPS) is 10.7. The van der Waals surface area contributed by atoms with Gasteiger partial charge < -0.3 is 14.5 Å². The van der Waals surface area contributed by atoms with Gasteiger partial charge in [0.2, 0.25) is 0 Å². The molecule has 25 heavy (non-hydrogen) atoms. The van der Waals surface area contributed by atoms with Gasteiger partial charge in [-0.05, 0) is 24.3 Å². The van der Waals surface area contributed by atoms with Gasteiger partial charge in [-0.2, -0.15) is 0 Å². The summed E-state index contributed by atoms with van der Waals surface area (Å²) in [6.07, 6.45) is 1.72. The molecule has 3 aromatic rings. The summed E-state index contributed by atoms with van der Waals surface area (Å²) in [5.74, 6) is -0.936. The van der Waals surface area contributed by atoms with Crippen molar-refractivity contribution in [3.8, 4) is 0 Å². The number of nitrogens with zero attached hydrogens (tertiary/aromatic N) is 2. The van der Waals surface area contributed by atoms with E-state index >= 15 is 0 Å². The molecule has 6 nitrogen and oxygen atoms in total. The highest BCUT2D eigenvalue weighted by Gasteiger charge is 2.19. The number of esters is 1. The fraction of sp³-hybridized carbons (Fsp3) is 0.118. The molecule has 0 bridgehead atoms. The van der Waals surface area contributed by atoms with Crippen LogP contribution in [0.4, 0.5) is 5.69 Å². The molecule has 0 aliphatic heterocycles. The Labute approximate surface area is 156 Å². The number of hydrogen-bond acceptors (Lipinski definition) is 4. The average molecular weight is 423 g/mol. The van der Waals surface area contributed by atoms with Crippen LogP contribution in [0.15, 0.2) is 42.6 Å². The summed E-state index contributed by atoms with van der Waals surface area (Å²) in [7, 11) is 1.28. The molecule has 0 aliphatic rings. The van der Waals surface area contributed by atoms with Crippen molar-refractivity contribution in [3.05, 3.63) is 64.6 Å². The molecule has 2 heterocycles. The van der Waals surface area contributed by atoms with Crippen LogP contribution in [0.1, 0.15) is 26.5 Å². The van der Waals surface area contributed by atoms with Crippen LogP contribution in [0.25, 0.3) is 5.65 Å². The average Bonchev–Trinajstić information content (AvgIpc) is 3.06. The Balaban J connectivity index is 2.05. The van der Waals surface area contributed by atoms with Crippen LogP contribution >= 0.6 is 27.5 Å². The number of aromatic nitrogens is 2. The molecule has 1 N–H and O–H groups in total. The molecule has 128 valence electrons. The molecule has 1 amide bonds. The number of methoxy groups -OCH3 is 1. The summed E-state index contributed by atoms with van der Waals surface area (Å²) >= 11 is 9.45. The van der Waals surface area contributed by atoms with Gasteiger partial charge in [0.1, 0.15) is 0 Å². The fourth-order valence-corrected chi connectivity index (χ4v) is 3.00. The van der Waals surface area contributed by atoms with Crippen molar-refractivity contribution in [2.75, 3.05) is 12.4 Å². The molecular formula is C17H13BrClN3O3. The second-order valence-corrected chi connectivity index (χ2v) is 6.08. The first-order valence-electron chi connectivity index (χ1n) is 7.26. The standard InChI is InChI=1S/C17H13BrClN3O3/c1-25-17(24)14-8-10(9-18)22-7-6-11(15(22)20-14)16(23)21-13-5-3-2-4-12(13)19/h2-8H,9H2,1H3,(H,21,23). The summed E-state index contributed by atoms with van der Waals surface area (Å²) in [6, 6.07) is 10.2. The van der Waals surface area contributed by atoms with E-state index in [1.54, 1.807) is 47.0 Å². The fourth-order valence-electron chi connectivity index (χ4n) is 2.39. The second-order valence-electron chi connectivity index (χ2n) is 5.11. The van der Waals surface area contributed by atoms with Gasteiger partial charge in [0.25, 0.3) is 5.91 Å². The number of alkyl halides is 1. The van der Waals surface area contributed by atoms with Crippen molar-refractivity contribution in [1.29, 1.82) is 0 Å². The van der Waals surface area contributed by atoms with E-state index < -0.39 is 5.97 Å². The van der Waals surface area contributed by atoms with E-state index in [1.807, 2.05) is 0 Å². The highest BCUT2D eigenvalue weighted by molar-refractivity contribution is 9.08. The van der Waals surface area contributed by atoms with Crippen molar-refractivity contribution in [1.82, 2.24) is 9.38 Å². The Morgan fingerprint density at radius 1 is 1.32 bits per heavy atom. The molecule has 8 heteroatoms. The summed E-state index contributed by atoms with van der Waals surface area (Å²) in [6.45, 7) is 0. The lowest BCUT2D eigenvalue weighted by molar-refractivity contribution is 0.0594. The Morgan fingerprint density at radius 3 is 2.76 bits per heavy atom. The Bertz CT molecular complexity index is 971. The topological polar surface area (TPSA) is 72.7 Å². The summed E-state index contributed by atoms with van der Waals surface area (Å²) in [5, 5.41) is 3.67. The van der Waals surface area contributed by atoms with Crippen molar-refractivity contribution in [3.63, 3.8) is 0 Å². The Morgan fingerprint density at radius 2 is 2.08 bits per heavy atom. The van der Waals surface area contributed by atoms with E-state index in [2.05, 4.69) is 26.2 Å². The summed E-state index contributed by atoms with van der Waals surface area (Å²) in [5.41, 5.74) is 2.09. The van der Waals surface area contributed by atoms with Crippen LogP contribution in [-0.4, -0.2) is 28.4 Å². The van der Waals surface area contributed by atoms with E-state index in [4.69, 9.17) is 16.3 Å². The molecule has 0 saturated heterocycles. The number of anilines is 1. The van der Waals surface area contributed by atoms with Gasteiger partial charge in [0.05, 0.1) is 23.4 Å². The quantitative estimate of drug-likeness (QED) is 0.511. The number of halogens is 2. The van der Waals surface area contributed by atoms with Gasteiger partial charge in [0, 0.05) is 17.2 Å². The predicted molar refractivity (Wildman–Crippen MR) is 98.6 cm³/mol. The monoisotopic (exact) mass is 421 g/mol. The molecule has 0 unspecified atom stereocenters. The van der Waals surface area contributed by atoms with Crippen LogP contribution in [-0.2, 0) is 10.1 Å². The molecular weight excluding hydrogens is 410 g/mol. The number of nitrogens with one attached hydrogen (secondary N) is 1. The van der Waals surface area contributed by atoms with Crippen molar-refractivity contribution in [2.24, 2.45) is 0 Å². The lowest BCUT2D eigenvalue weighted by atomic mass is 10.2. The van der Waals surface area contributed by atoms with Gasteiger partial charge in [-0.3, -0.25) is 4.79 Å². The third-order valence-corrected chi connectivity index (χ3v) is 4.50. The van der Waals surface area contributed by atoms with Crippen molar-refractivity contribution < 1.29 is 14.3 Å². The van der Waals surface area contributed by atoms with Gasteiger partial charge >= 0.3 is 5.97 Å². The number of benzene rings is 1. The van der Waals surface area contributed by atoms with E-state index in [0.29, 0.717) is 27.3 Å². The zero-order chi connectivity index (χ0) is 18.0. The lowest BCUT2D eigenvalue weighted by Gasteiger charge is -2.08. The van der Waals surface area contributed by atoms with Crippen LogP contribution in [0.2, 0.25) is 5.02 Å². The van der Waals surface area contributed by atoms with Gasteiger partial charge in [-0.25, -0.2) is 9.78 Å². The Kier molecular flexibility index (Phi) is 5.06. The first kappa shape index (κ1) is 17.4. The number of para-hydroxylation sites is 1. The maximum atomic E-state index is 12.6. The molecule has 0 atom stereocenters. The molecule has 1 aromatic carbocycles. The van der Waals surface area contributed by atoms with Crippen LogP contribution in [0.5, 0.6) is 0 Å². The van der Waals surface area contributed by atoms with Crippen molar-refractivity contribution >= 4 is 50.7 Å². The first-order valence-corrected chi connectivity index (χ1v) is 8.76. The number of amides is 1. The summed E-state index contributed by atoms with van der Waals surface area (Å²) in [4.78, 5) is 28.8. The molecule has 0 radical (unpaired) electrons. The lowest BCUT2D eigenvalue weighted by Crippen LogP contribution is -2.14. The minimum Gasteiger partial charge on any atom is -0.464 e. The van der Waals surface area contributed by atoms with Crippen LogP contribution in [0, 0.1) is 0 Å². The van der Waals surface area contributed by atoms with Gasteiger partial charge in [0.15, 0.2) is 11.3 Å². The molecule has 3 rings (SSSR count). The largest absolute Gasteiger partial charge is 0.464 e. The summed E-state index contributed by atoms with van der Waals surface area (Å²) < 4.78 is 6.47. The maximum absolute atomic E-state index is 12.6. The molecule has 0 aliphatic carbocycles. The smallest absolute Gasteiger partial charge is 0.356 e. The first-order chi connectivity index (χ1) is 12.0.